The highest BCUT2D eigenvalue weighted by molar-refractivity contribution is 5.27. The normalized spacial score (nSPS) is 10.0. The third kappa shape index (κ3) is 1.03. The second-order valence-electron chi connectivity index (χ2n) is 2.30. The minimum Gasteiger partial charge on any atom is -0.494 e. The van der Waals surface area contributed by atoms with Gasteiger partial charge in [0.05, 0.1) is 6.20 Å². The van der Waals surface area contributed by atoms with Gasteiger partial charge in [0.1, 0.15) is 0 Å². The van der Waals surface area contributed by atoms with Gasteiger partial charge in [-0.3, -0.25) is 9.55 Å². The summed E-state index contributed by atoms with van der Waals surface area (Å²) in [7, 11) is 0. The topological polar surface area (TPSA) is 50.9 Å². The minimum atomic E-state index is 0.163. The number of nitrogens with zero attached hydrogens (tertiary/aromatic N) is 3. The van der Waals surface area contributed by atoms with Crippen LogP contribution in [0.15, 0.2) is 36.9 Å². The Bertz CT molecular complexity index is 369. The van der Waals surface area contributed by atoms with Crippen LogP contribution in [0.3, 0.4) is 0 Å². The summed E-state index contributed by atoms with van der Waals surface area (Å²) in [6.45, 7) is 0. The Kier molecular flexibility index (Phi) is 1.51. The molecular weight excluding hydrogens is 154 g/mol. The van der Waals surface area contributed by atoms with Crippen LogP contribution < -0.4 is 0 Å². The molecule has 2 heterocycles. The molecule has 0 amide bonds. The summed E-state index contributed by atoms with van der Waals surface area (Å²) in [4.78, 5) is 7.91. The Hall–Kier alpha value is -1.84. The van der Waals surface area contributed by atoms with Gasteiger partial charge in [0.15, 0.2) is 11.7 Å². The molecule has 0 aliphatic carbocycles. The van der Waals surface area contributed by atoms with Crippen molar-refractivity contribution in [2.75, 3.05) is 0 Å². The van der Waals surface area contributed by atoms with Crippen molar-refractivity contribution in [3.8, 4) is 11.7 Å². The van der Waals surface area contributed by atoms with Crippen LogP contribution in [0.5, 0.6) is 5.88 Å². The van der Waals surface area contributed by atoms with E-state index in [1.807, 2.05) is 0 Å². The largest absolute Gasteiger partial charge is 0.494 e. The van der Waals surface area contributed by atoms with E-state index in [0.717, 1.165) is 0 Å². The second-order valence-corrected chi connectivity index (χ2v) is 2.30. The number of hydrogen-bond donors (Lipinski definition) is 1. The molecule has 0 atom stereocenters. The molecule has 2 aromatic heterocycles. The molecule has 0 fully saturated rings. The summed E-state index contributed by atoms with van der Waals surface area (Å²) >= 11 is 0. The summed E-state index contributed by atoms with van der Waals surface area (Å²) in [6.07, 6.45) is 6.47. The molecule has 0 bridgehead atoms. The highest BCUT2D eigenvalue weighted by Gasteiger charge is 2.00. The van der Waals surface area contributed by atoms with Gasteiger partial charge in [0.2, 0.25) is 0 Å². The summed E-state index contributed by atoms with van der Waals surface area (Å²) in [5.41, 5.74) is 0. The molecule has 2 rings (SSSR count). The molecule has 0 saturated carbocycles. The standard InChI is InChI=1S/C8H7N3O/c12-8-2-1-5-11(8)7-6-9-3-4-10-7/h1-6,12H. The van der Waals surface area contributed by atoms with Crippen LogP contribution >= 0.6 is 0 Å². The third-order valence-corrected chi connectivity index (χ3v) is 1.52. The summed E-state index contributed by atoms with van der Waals surface area (Å²) in [5.74, 6) is 0.774. The van der Waals surface area contributed by atoms with Crippen molar-refractivity contribution in [1.29, 1.82) is 0 Å². The Balaban J connectivity index is 2.51. The zero-order valence-corrected chi connectivity index (χ0v) is 6.25. The van der Waals surface area contributed by atoms with Gasteiger partial charge in [-0.25, -0.2) is 4.98 Å². The van der Waals surface area contributed by atoms with Gasteiger partial charge in [-0.2, -0.15) is 0 Å². The average molecular weight is 161 g/mol. The van der Waals surface area contributed by atoms with Crippen molar-refractivity contribution in [3.63, 3.8) is 0 Å². The van der Waals surface area contributed by atoms with Crippen molar-refractivity contribution >= 4 is 0 Å². The molecule has 0 aromatic carbocycles. The van der Waals surface area contributed by atoms with E-state index in [-0.39, 0.29) is 5.88 Å². The molecule has 4 heteroatoms. The fraction of sp³-hybridized carbons (Fsp3) is 0. The van der Waals surface area contributed by atoms with Gasteiger partial charge < -0.3 is 5.11 Å². The molecule has 4 nitrogen and oxygen atoms in total. The van der Waals surface area contributed by atoms with Crippen molar-refractivity contribution in [2.45, 2.75) is 0 Å². The molecular formula is C8H7N3O. The van der Waals surface area contributed by atoms with Gasteiger partial charge in [-0.1, -0.05) is 0 Å². The molecule has 0 unspecified atom stereocenters. The van der Waals surface area contributed by atoms with Gasteiger partial charge in [-0.05, 0) is 6.07 Å². The SMILES string of the molecule is Oc1cccn1-c1cnccn1. The van der Waals surface area contributed by atoms with Gasteiger partial charge in [0, 0.05) is 24.7 Å². The lowest BCUT2D eigenvalue weighted by molar-refractivity contribution is 0.441. The first kappa shape index (κ1) is 6.84. The van der Waals surface area contributed by atoms with E-state index >= 15 is 0 Å². The van der Waals surface area contributed by atoms with Crippen molar-refractivity contribution in [3.05, 3.63) is 36.9 Å². The smallest absolute Gasteiger partial charge is 0.196 e. The Morgan fingerprint density at radius 1 is 1.33 bits per heavy atom. The van der Waals surface area contributed by atoms with Gasteiger partial charge in [-0.15, -0.1) is 0 Å². The Morgan fingerprint density at radius 3 is 2.83 bits per heavy atom. The Labute approximate surface area is 69.1 Å². The molecule has 60 valence electrons. The number of aromatic nitrogens is 3. The predicted molar refractivity (Wildman–Crippen MR) is 43.0 cm³/mol. The second kappa shape index (κ2) is 2.65. The number of aromatic hydroxyl groups is 1. The van der Waals surface area contributed by atoms with Crippen LogP contribution in [0.2, 0.25) is 0 Å². The van der Waals surface area contributed by atoms with Crippen LogP contribution in [-0.2, 0) is 0 Å². The van der Waals surface area contributed by atoms with Gasteiger partial charge >= 0.3 is 0 Å². The van der Waals surface area contributed by atoms with Crippen molar-refractivity contribution in [1.82, 2.24) is 14.5 Å². The molecule has 0 spiro atoms. The first-order valence-corrected chi connectivity index (χ1v) is 3.50. The van der Waals surface area contributed by atoms with E-state index in [1.54, 1.807) is 41.5 Å². The maximum absolute atomic E-state index is 9.30. The van der Waals surface area contributed by atoms with E-state index in [0.29, 0.717) is 5.82 Å². The third-order valence-electron chi connectivity index (χ3n) is 1.52. The van der Waals surface area contributed by atoms with Crippen molar-refractivity contribution in [2.24, 2.45) is 0 Å². The monoisotopic (exact) mass is 161 g/mol. The molecule has 0 aliphatic heterocycles. The maximum atomic E-state index is 9.30. The fourth-order valence-electron chi connectivity index (χ4n) is 0.981. The maximum Gasteiger partial charge on any atom is 0.196 e. The average Bonchev–Trinajstić information content (AvgIpc) is 2.53. The highest BCUT2D eigenvalue weighted by Crippen LogP contribution is 2.13. The fourth-order valence-corrected chi connectivity index (χ4v) is 0.981. The highest BCUT2D eigenvalue weighted by atomic mass is 16.3. The van der Waals surface area contributed by atoms with Crippen LogP contribution in [0.1, 0.15) is 0 Å². The quantitative estimate of drug-likeness (QED) is 0.678. The lowest BCUT2D eigenvalue weighted by Crippen LogP contribution is -1.94. The molecule has 12 heavy (non-hydrogen) atoms. The molecule has 1 N–H and O–H groups in total. The number of rotatable bonds is 1. The predicted octanol–water partition coefficient (Wildman–Crippen LogP) is 0.973. The van der Waals surface area contributed by atoms with E-state index in [4.69, 9.17) is 0 Å². The zero-order chi connectivity index (χ0) is 8.39. The number of hydrogen-bond acceptors (Lipinski definition) is 3. The summed E-state index contributed by atoms with van der Waals surface area (Å²) in [5, 5.41) is 9.30. The molecule has 0 saturated heterocycles. The summed E-state index contributed by atoms with van der Waals surface area (Å²) < 4.78 is 1.55. The van der Waals surface area contributed by atoms with Crippen LogP contribution in [0, 0.1) is 0 Å². The molecule has 0 aliphatic rings. The first-order valence-electron chi connectivity index (χ1n) is 3.50. The first-order chi connectivity index (χ1) is 5.88. The zero-order valence-electron chi connectivity index (χ0n) is 6.25. The van der Waals surface area contributed by atoms with Crippen LogP contribution in [0.4, 0.5) is 0 Å². The minimum absolute atomic E-state index is 0.163. The van der Waals surface area contributed by atoms with Crippen molar-refractivity contribution < 1.29 is 5.11 Å². The van der Waals surface area contributed by atoms with E-state index in [1.165, 1.54) is 0 Å². The molecule has 2 aromatic rings. The summed E-state index contributed by atoms with van der Waals surface area (Å²) in [6, 6.07) is 3.33. The van der Waals surface area contributed by atoms with E-state index < -0.39 is 0 Å². The lowest BCUT2D eigenvalue weighted by atomic mass is 10.6. The van der Waals surface area contributed by atoms with E-state index in [9.17, 15) is 5.11 Å². The molecule has 0 radical (unpaired) electrons. The van der Waals surface area contributed by atoms with Gasteiger partial charge in [0.25, 0.3) is 0 Å². The van der Waals surface area contributed by atoms with Crippen LogP contribution in [-0.4, -0.2) is 19.6 Å². The Morgan fingerprint density at radius 2 is 2.25 bits per heavy atom. The lowest BCUT2D eigenvalue weighted by Gasteiger charge is -2.00. The van der Waals surface area contributed by atoms with Crippen LogP contribution in [0.25, 0.3) is 5.82 Å². The van der Waals surface area contributed by atoms with E-state index in [2.05, 4.69) is 9.97 Å².